The van der Waals surface area contributed by atoms with Gasteiger partial charge in [-0.3, -0.25) is 0 Å². The van der Waals surface area contributed by atoms with E-state index in [9.17, 15) is 4.79 Å². The Morgan fingerprint density at radius 1 is 1.05 bits per heavy atom. The van der Waals surface area contributed by atoms with Crippen LogP contribution in [-0.4, -0.2) is 10.9 Å². The van der Waals surface area contributed by atoms with Crippen LogP contribution in [0.25, 0.3) is 0 Å². The fourth-order valence-electron chi connectivity index (χ4n) is 2.00. The number of benzene rings is 2. The SMILES string of the molecule is CC(C)(c1cc[c-]cc1)c1ccc(OC(=O)Cl)cc1.[Na+].[OH-]. The van der Waals surface area contributed by atoms with Crippen molar-refractivity contribution in [2.24, 2.45) is 0 Å². The summed E-state index contributed by atoms with van der Waals surface area (Å²) >= 11 is 5.17. The molecule has 0 fully saturated rings. The van der Waals surface area contributed by atoms with Gasteiger partial charge in [0.05, 0.1) is 0 Å². The maximum absolute atomic E-state index is 10.7. The molecule has 0 heterocycles. The molecule has 0 aliphatic heterocycles. The number of ether oxygens (including phenoxy) is 1. The van der Waals surface area contributed by atoms with E-state index in [0.29, 0.717) is 5.75 Å². The summed E-state index contributed by atoms with van der Waals surface area (Å²) in [7, 11) is 0. The van der Waals surface area contributed by atoms with Gasteiger partial charge in [-0.2, -0.15) is 30.3 Å². The Morgan fingerprint density at radius 2 is 1.52 bits per heavy atom. The molecule has 2 aromatic rings. The summed E-state index contributed by atoms with van der Waals surface area (Å²) in [6, 6.07) is 18.3. The molecule has 106 valence electrons. The molecule has 21 heavy (non-hydrogen) atoms. The number of carbonyl (C=O) groups excluding carboxylic acids is 1. The van der Waals surface area contributed by atoms with E-state index in [2.05, 4.69) is 19.9 Å². The molecule has 0 aliphatic rings. The van der Waals surface area contributed by atoms with Crippen molar-refractivity contribution in [1.29, 1.82) is 0 Å². The van der Waals surface area contributed by atoms with Gasteiger partial charge in [-0.05, 0) is 23.1 Å². The molecule has 0 amide bonds. The van der Waals surface area contributed by atoms with E-state index in [-0.39, 0.29) is 40.4 Å². The van der Waals surface area contributed by atoms with Gasteiger partial charge in [0.1, 0.15) is 5.75 Å². The minimum Gasteiger partial charge on any atom is -0.870 e. The standard InChI is InChI=1S/C16H14ClO2.Na.H2O/c1-16(2,12-6-4-3-5-7-12)13-8-10-14(11-9-13)19-15(17)18;;/h4-11H,1-2H3;;1H2/q-1;+1;/p-1. The van der Waals surface area contributed by atoms with Crippen LogP contribution < -0.4 is 34.3 Å². The zero-order valence-electron chi connectivity index (χ0n) is 12.3. The predicted molar refractivity (Wildman–Crippen MR) is 77.7 cm³/mol. The molecule has 3 nitrogen and oxygen atoms in total. The molecular weight excluding hydrogens is 299 g/mol. The van der Waals surface area contributed by atoms with Gasteiger partial charge in [-0.1, -0.05) is 26.0 Å². The summed E-state index contributed by atoms with van der Waals surface area (Å²) in [5, 5.41) is 0. The molecule has 0 saturated carbocycles. The summed E-state index contributed by atoms with van der Waals surface area (Å²) in [6.07, 6.45) is 0. The summed E-state index contributed by atoms with van der Waals surface area (Å²) in [4.78, 5) is 10.7. The second-order valence-corrected chi connectivity index (χ2v) is 5.09. The summed E-state index contributed by atoms with van der Waals surface area (Å²) in [6.45, 7) is 4.29. The van der Waals surface area contributed by atoms with E-state index in [1.54, 1.807) is 12.1 Å². The molecule has 0 unspecified atom stereocenters. The summed E-state index contributed by atoms with van der Waals surface area (Å²) in [5.74, 6) is 0.445. The predicted octanol–water partition coefficient (Wildman–Crippen LogP) is 1.38. The van der Waals surface area contributed by atoms with Crippen LogP contribution in [0, 0.1) is 6.07 Å². The maximum Gasteiger partial charge on any atom is 1.00 e. The third-order valence-electron chi connectivity index (χ3n) is 3.21. The van der Waals surface area contributed by atoms with Crippen LogP contribution >= 0.6 is 11.6 Å². The van der Waals surface area contributed by atoms with Crippen LogP contribution in [0.4, 0.5) is 4.79 Å². The molecular formula is C16H15ClNaO3-. The van der Waals surface area contributed by atoms with Gasteiger partial charge in [0.2, 0.25) is 0 Å². The third kappa shape index (κ3) is 5.13. The van der Waals surface area contributed by atoms with Crippen molar-refractivity contribution < 1.29 is 44.6 Å². The molecule has 1 N–H and O–H groups in total. The molecule has 2 rings (SSSR count). The normalized spacial score (nSPS) is 10.0. The van der Waals surface area contributed by atoms with Gasteiger partial charge >= 0.3 is 35.0 Å². The Labute approximate surface area is 151 Å². The Morgan fingerprint density at radius 3 is 2.00 bits per heavy atom. The average molecular weight is 314 g/mol. The quantitative estimate of drug-likeness (QED) is 0.489. The van der Waals surface area contributed by atoms with Crippen molar-refractivity contribution in [3.8, 4) is 5.75 Å². The third-order valence-corrected chi connectivity index (χ3v) is 3.29. The number of hydrogen-bond acceptors (Lipinski definition) is 3. The number of rotatable bonds is 3. The molecule has 0 radical (unpaired) electrons. The number of halogens is 1. The monoisotopic (exact) mass is 313 g/mol. The van der Waals surface area contributed by atoms with Gasteiger partial charge in [0.25, 0.3) is 0 Å². The van der Waals surface area contributed by atoms with E-state index >= 15 is 0 Å². The number of carbonyl (C=O) groups is 1. The Bertz CT molecular complexity index is 568. The van der Waals surface area contributed by atoms with E-state index < -0.39 is 5.43 Å². The first-order chi connectivity index (χ1) is 9.00. The van der Waals surface area contributed by atoms with Crippen LogP contribution in [0.2, 0.25) is 0 Å². The van der Waals surface area contributed by atoms with Crippen molar-refractivity contribution in [1.82, 2.24) is 0 Å². The average Bonchev–Trinajstić information content (AvgIpc) is 2.40. The molecule has 0 saturated heterocycles. The zero-order valence-corrected chi connectivity index (χ0v) is 15.0. The first-order valence-electron chi connectivity index (χ1n) is 5.94. The second kappa shape index (κ2) is 8.57. The fraction of sp³-hybridized carbons (Fsp3) is 0.188. The Kier molecular flexibility index (Phi) is 8.22. The van der Waals surface area contributed by atoms with E-state index in [1.807, 2.05) is 36.4 Å². The molecule has 0 bridgehead atoms. The van der Waals surface area contributed by atoms with E-state index in [4.69, 9.17) is 16.3 Å². The Hall–Kier alpha value is -0.840. The van der Waals surface area contributed by atoms with Gasteiger partial charge in [-0.25, -0.2) is 4.79 Å². The molecule has 0 spiro atoms. The van der Waals surface area contributed by atoms with Crippen LogP contribution in [-0.2, 0) is 5.41 Å². The minimum absolute atomic E-state index is 0. The van der Waals surface area contributed by atoms with Crippen LogP contribution in [0.15, 0.2) is 48.5 Å². The van der Waals surface area contributed by atoms with Crippen molar-refractivity contribution in [3.05, 3.63) is 65.7 Å². The van der Waals surface area contributed by atoms with Gasteiger partial charge in [-0.15, -0.1) is 5.56 Å². The maximum atomic E-state index is 10.7. The van der Waals surface area contributed by atoms with Gasteiger partial charge < -0.3 is 10.2 Å². The zero-order chi connectivity index (χ0) is 13.9. The first kappa shape index (κ1) is 20.2. The van der Waals surface area contributed by atoms with Crippen molar-refractivity contribution in [2.75, 3.05) is 0 Å². The molecule has 5 heteroatoms. The molecule has 2 aromatic carbocycles. The van der Waals surface area contributed by atoms with Crippen molar-refractivity contribution in [3.63, 3.8) is 0 Å². The summed E-state index contributed by atoms with van der Waals surface area (Å²) < 4.78 is 4.81. The van der Waals surface area contributed by atoms with Crippen LogP contribution in [0.3, 0.4) is 0 Å². The second-order valence-electron chi connectivity index (χ2n) is 4.78. The molecule has 0 atom stereocenters. The minimum atomic E-state index is -0.828. The fourth-order valence-corrected chi connectivity index (χ4v) is 2.09. The molecule has 0 aromatic heterocycles. The van der Waals surface area contributed by atoms with Crippen molar-refractivity contribution in [2.45, 2.75) is 19.3 Å². The smallest absolute Gasteiger partial charge is 0.870 e. The van der Waals surface area contributed by atoms with Gasteiger partial charge in [0.15, 0.2) is 0 Å². The van der Waals surface area contributed by atoms with Gasteiger partial charge in [0, 0.05) is 11.6 Å². The van der Waals surface area contributed by atoms with E-state index in [0.717, 1.165) is 5.56 Å². The van der Waals surface area contributed by atoms with E-state index in [1.165, 1.54) is 5.56 Å². The first-order valence-corrected chi connectivity index (χ1v) is 6.32. The number of hydrogen-bond donors (Lipinski definition) is 0. The summed E-state index contributed by atoms with van der Waals surface area (Å²) in [5.41, 5.74) is 1.38. The largest absolute Gasteiger partial charge is 1.00 e. The topological polar surface area (TPSA) is 56.3 Å². The Balaban J connectivity index is 0.00000200. The van der Waals surface area contributed by atoms with Crippen LogP contribution in [0.5, 0.6) is 5.75 Å². The molecule has 0 aliphatic carbocycles. The van der Waals surface area contributed by atoms with Crippen LogP contribution in [0.1, 0.15) is 25.0 Å². The van der Waals surface area contributed by atoms with Crippen molar-refractivity contribution >= 4 is 17.0 Å².